The first-order valence-electron chi connectivity index (χ1n) is 5.22. The van der Waals surface area contributed by atoms with Crippen LogP contribution in [0.1, 0.15) is 24.4 Å². The summed E-state index contributed by atoms with van der Waals surface area (Å²) in [5.41, 5.74) is 6.71. The smallest absolute Gasteiger partial charge is 0.124 e. The summed E-state index contributed by atoms with van der Waals surface area (Å²) in [7, 11) is 0. The summed E-state index contributed by atoms with van der Waals surface area (Å²) in [4.78, 5) is 0. The molecule has 0 spiro atoms. The number of ether oxygens (including phenoxy) is 1. The Morgan fingerprint density at radius 1 is 1.44 bits per heavy atom. The van der Waals surface area contributed by atoms with Crippen molar-refractivity contribution in [3.05, 3.63) is 46.4 Å². The summed E-state index contributed by atoms with van der Waals surface area (Å²) < 4.78 is 18.3. The van der Waals surface area contributed by atoms with E-state index in [-0.39, 0.29) is 5.82 Å². The van der Waals surface area contributed by atoms with E-state index in [4.69, 9.17) is 22.1 Å². The molecular weight excluding hydrogens is 229 g/mol. The summed E-state index contributed by atoms with van der Waals surface area (Å²) >= 11 is 5.94. The monoisotopic (exact) mass is 241 g/mol. The second kappa shape index (κ2) is 4.85. The standard InChI is InChI=1S/C12H13ClFNO/c13-10-7-8(14)4-5-9(10)12(15)11-3-1-2-6-16-11/h3-5,7,12H,1-2,6,15H2. The van der Waals surface area contributed by atoms with Gasteiger partial charge in [-0.1, -0.05) is 17.7 Å². The van der Waals surface area contributed by atoms with Crippen LogP contribution in [0.25, 0.3) is 0 Å². The zero-order valence-corrected chi connectivity index (χ0v) is 9.51. The van der Waals surface area contributed by atoms with Crippen molar-refractivity contribution in [2.75, 3.05) is 6.61 Å². The van der Waals surface area contributed by atoms with E-state index in [0.29, 0.717) is 17.2 Å². The average Bonchev–Trinajstić information content (AvgIpc) is 2.29. The fraction of sp³-hybridized carbons (Fsp3) is 0.333. The molecule has 0 saturated heterocycles. The third kappa shape index (κ3) is 2.36. The van der Waals surface area contributed by atoms with Crippen LogP contribution in [0.15, 0.2) is 30.0 Å². The molecule has 2 rings (SSSR count). The lowest BCUT2D eigenvalue weighted by molar-refractivity contribution is 0.176. The molecule has 1 heterocycles. The number of benzene rings is 1. The van der Waals surface area contributed by atoms with Crippen LogP contribution in [0.4, 0.5) is 4.39 Å². The van der Waals surface area contributed by atoms with Crippen molar-refractivity contribution in [1.29, 1.82) is 0 Å². The largest absolute Gasteiger partial charge is 0.496 e. The lowest BCUT2D eigenvalue weighted by Gasteiger charge is -2.21. The molecule has 1 atom stereocenters. The highest BCUT2D eigenvalue weighted by Crippen LogP contribution is 2.29. The Kier molecular flexibility index (Phi) is 3.46. The van der Waals surface area contributed by atoms with Crippen LogP contribution in [-0.2, 0) is 4.74 Å². The molecule has 1 aromatic carbocycles. The summed E-state index contributed by atoms with van der Waals surface area (Å²) in [6.07, 6.45) is 3.93. The van der Waals surface area contributed by atoms with Gasteiger partial charge in [0.1, 0.15) is 11.6 Å². The molecule has 1 aromatic rings. The number of nitrogens with two attached hydrogens (primary N) is 1. The van der Waals surface area contributed by atoms with Crippen LogP contribution in [-0.4, -0.2) is 6.61 Å². The van der Waals surface area contributed by atoms with Crippen molar-refractivity contribution in [3.8, 4) is 0 Å². The minimum atomic E-state index is -0.409. The Labute approximate surface area is 98.8 Å². The normalized spacial score (nSPS) is 17.6. The lowest BCUT2D eigenvalue weighted by atomic mass is 10.0. The van der Waals surface area contributed by atoms with Gasteiger partial charge in [-0.2, -0.15) is 0 Å². The summed E-state index contributed by atoms with van der Waals surface area (Å²) in [6.45, 7) is 0.679. The molecule has 86 valence electrons. The van der Waals surface area contributed by atoms with Crippen molar-refractivity contribution >= 4 is 11.6 Å². The number of allylic oxidation sites excluding steroid dienone is 1. The van der Waals surface area contributed by atoms with E-state index in [9.17, 15) is 4.39 Å². The predicted molar refractivity (Wildman–Crippen MR) is 61.6 cm³/mol. The minimum Gasteiger partial charge on any atom is -0.496 e. The summed E-state index contributed by atoms with van der Waals surface area (Å²) in [6, 6.07) is 3.81. The fourth-order valence-electron chi connectivity index (χ4n) is 1.70. The molecule has 0 aliphatic carbocycles. The predicted octanol–water partition coefficient (Wildman–Crippen LogP) is 3.17. The highest BCUT2D eigenvalue weighted by atomic mass is 35.5. The molecule has 2 N–H and O–H groups in total. The van der Waals surface area contributed by atoms with Crippen LogP contribution < -0.4 is 5.73 Å². The molecule has 0 bridgehead atoms. The molecule has 0 aromatic heterocycles. The Morgan fingerprint density at radius 2 is 2.25 bits per heavy atom. The summed E-state index contributed by atoms with van der Waals surface area (Å²) in [5, 5.41) is 0.336. The second-order valence-corrected chi connectivity index (χ2v) is 4.15. The molecule has 0 amide bonds. The third-order valence-electron chi connectivity index (χ3n) is 2.57. The first-order valence-corrected chi connectivity index (χ1v) is 5.59. The Hall–Kier alpha value is -1.06. The van der Waals surface area contributed by atoms with Gasteiger partial charge in [0.05, 0.1) is 12.6 Å². The van der Waals surface area contributed by atoms with E-state index in [0.717, 1.165) is 18.6 Å². The quantitative estimate of drug-likeness (QED) is 0.863. The third-order valence-corrected chi connectivity index (χ3v) is 2.89. The zero-order valence-electron chi connectivity index (χ0n) is 8.75. The number of rotatable bonds is 2. The van der Waals surface area contributed by atoms with Gasteiger partial charge in [-0.15, -0.1) is 0 Å². The van der Waals surface area contributed by atoms with E-state index in [1.807, 2.05) is 6.08 Å². The Balaban J connectivity index is 2.26. The van der Waals surface area contributed by atoms with Crippen molar-refractivity contribution in [1.82, 2.24) is 0 Å². The molecular formula is C12H13ClFNO. The fourth-order valence-corrected chi connectivity index (χ4v) is 1.99. The van der Waals surface area contributed by atoms with Gasteiger partial charge in [0.15, 0.2) is 0 Å². The zero-order chi connectivity index (χ0) is 11.5. The van der Waals surface area contributed by atoms with Gasteiger partial charge in [-0.05, 0) is 36.6 Å². The van der Waals surface area contributed by atoms with Crippen molar-refractivity contribution < 1.29 is 9.13 Å². The molecule has 0 radical (unpaired) electrons. The van der Waals surface area contributed by atoms with E-state index < -0.39 is 6.04 Å². The highest BCUT2D eigenvalue weighted by Gasteiger charge is 2.18. The van der Waals surface area contributed by atoms with E-state index in [2.05, 4.69) is 0 Å². The van der Waals surface area contributed by atoms with Gasteiger partial charge in [-0.3, -0.25) is 0 Å². The molecule has 1 unspecified atom stereocenters. The lowest BCUT2D eigenvalue weighted by Crippen LogP contribution is -2.18. The second-order valence-electron chi connectivity index (χ2n) is 3.74. The molecule has 0 saturated carbocycles. The SMILES string of the molecule is NC(C1=CCCCO1)c1ccc(F)cc1Cl. The van der Waals surface area contributed by atoms with Gasteiger partial charge in [-0.25, -0.2) is 4.39 Å². The van der Waals surface area contributed by atoms with Crippen LogP contribution in [0.5, 0.6) is 0 Å². The number of halogens is 2. The molecule has 4 heteroatoms. The van der Waals surface area contributed by atoms with Crippen molar-refractivity contribution in [2.24, 2.45) is 5.73 Å². The van der Waals surface area contributed by atoms with Crippen LogP contribution in [0.2, 0.25) is 5.02 Å². The van der Waals surface area contributed by atoms with Crippen molar-refractivity contribution in [2.45, 2.75) is 18.9 Å². The molecule has 16 heavy (non-hydrogen) atoms. The molecule has 0 fully saturated rings. The van der Waals surface area contributed by atoms with Gasteiger partial charge in [0, 0.05) is 5.02 Å². The topological polar surface area (TPSA) is 35.2 Å². The maximum atomic E-state index is 12.9. The average molecular weight is 242 g/mol. The first kappa shape index (κ1) is 11.4. The van der Waals surface area contributed by atoms with E-state index >= 15 is 0 Å². The summed E-state index contributed by atoms with van der Waals surface area (Å²) in [5.74, 6) is 0.360. The van der Waals surface area contributed by atoms with Crippen LogP contribution in [0, 0.1) is 5.82 Å². The Morgan fingerprint density at radius 3 is 2.88 bits per heavy atom. The molecule has 1 aliphatic rings. The van der Waals surface area contributed by atoms with Gasteiger partial charge >= 0.3 is 0 Å². The number of hydrogen-bond donors (Lipinski definition) is 1. The maximum absolute atomic E-state index is 12.9. The highest BCUT2D eigenvalue weighted by molar-refractivity contribution is 6.31. The Bertz CT molecular complexity index is 419. The van der Waals surface area contributed by atoms with Gasteiger partial charge < -0.3 is 10.5 Å². The van der Waals surface area contributed by atoms with Crippen molar-refractivity contribution in [3.63, 3.8) is 0 Å². The van der Waals surface area contributed by atoms with Gasteiger partial charge in [0.25, 0.3) is 0 Å². The number of hydrogen-bond acceptors (Lipinski definition) is 2. The minimum absolute atomic E-state index is 0.336. The maximum Gasteiger partial charge on any atom is 0.124 e. The molecule has 2 nitrogen and oxygen atoms in total. The van der Waals surface area contributed by atoms with E-state index in [1.54, 1.807) is 6.07 Å². The van der Waals surface area contributed by atoms with Crippen LogP contribution >= 0.6 is 11.6 Å². The van der Waals surface area contributed by atoms with Gasteiger partial charge in [0.2, 0.25) is 0 Å². The molecule has 1 aliphatic heterocycles. The first-order chi connectivity index (χ1) is 7.68. The van der Waals surface area contributed by atoms with Crippen LogP contribution in [0.3, 0.4) is 0 Å². The van der Waals surface area contributed by atoms with E-state index in [1.165, 1.54) is 12.1 Å².